The first-order chi connectivity index (χ1) is 11.6. The molecule has 0 saturated carbocycles. The lowest BCUT2D eigenvalue weighted by Crippen LogP contribution is -2.32. The lowest BCUT2D eigenvalue weighted by molar-refractivity contribution is -0.121. The van der Waals surface area contributed by atoms with Crippen molar-refractivity contribution in [3.8, 4) is 0 Å². The summed E-state index contributed by atoms with van der Waals surface area (Å²) in [6.07, 6.45) is 0.277. The number of carbonyl (C=O) groups is 2. The largest absolute Gasteiger partial charge is 0.355 e. The fraction of sp³-hybridized carbons (Fsp3) is 0.300. The summed E-state index contributed by atoms with van der Waals surface area (Å²) in [5.74, 6) is 0.0677. The van der Waals surface area contributed by atoms with Gasteiger partial charge in [-0.2, -0.15) is 0 Å². The second-order valence-electron chi connectivity index (χ2n) is 5.94. The third-order valence-corrected chi connectivity index (χ3v) is 4.00. The van der Waals surface area contributed by atoms with Crippen LogP contribution in [-0.4, -0.2) is 24.9 Å². The molecule has 4 nitrogen and oxygen atoms in total. The highest BCUT2D eigenvalue weighted by Gasteiger charge is 2.10. The summed E-state index contributed by atoms with van der Waals surface area (Å²) in [6, 6.07) is 17.5. The first-order valence-electron chi connectivity index (χ1n) is 8.23. The lowest BCUT2D eigenvalue weighted by atomic mass is 10.0. The summed E-state index contributed by atoms with van der Waals surface area (Å²) < 4.78 is 0. The fourth-order valence-corrected chi connectivity index (χ4v) is 2.47. The van der Waals surface area contributed by atoms with Gasteiger partial charge in [0, 0.05) is 25.1 Å². The molecule has 2 amide bonds. The van der Waals surface area contributed by atoms with Crippen LogP contribution in [0.15, 0.2) is 54.6 Å². The standard InChI is InChI=1S/C20H24N2O2/c1-15-8-6-7-11-18(15)20(24)21-13-12-19(23)22-14-16(2)17-9-4-3-5-10-17/h3-11,16H,12-14H2,1-2H3,(H,21,24)(H,22,23)/t16-/m1/s1. The quantitative estimate of drug-likeness (QED) is 0.822. The van der Waals surface area contributed by atoms with Gasteiger partial charge < -0.3 is 10.6 Å². The highest BCUT2D eigenvalue weighted by Crippen LogP contribution is 2.12. The fourth-order valence-electron chi connectivity index (χ4n) is 2.47. The number of aryl methyl sites for hydroxylation is 1. The molecule has 0 saturated heterocycles. The zero-order valence-electron chi connectivity index (χ0n) is 14.2. The summed E-state index contributed by atoms with van der Waals surface area (Å²) in [5.41, 5.74) is 2.78. The number of hydrogen-bond acceptors (Lipinski definition) is 2. The zero-order valence-corrected chi connectivity index (χ0v) is 14.2. The van der Waals surface area contributed by atoms with Crippen LogP contribution >= 0.6 is 0 Å². The maximum Gasteiger partial charge on any atom is 0.251 e. The van der Waals surface area contributed by atoms with Gasteiger partial charge in [0.1, 0.15) is 0 Å². The minimum atomic E-state index is -0.140. The van der Waals surface area contributed by atoms with Gasteiger partial charge >= 0.3 is 0 Å². The molecule has 0 radical (unpaired) electrons. The van der Waals surface area contributed by atoms with Crippen LogP contribution in [0.1, 0.15) is 40.7 Å². The number of hydrogen-bond donors (Lipinski definition) is 2. The molecule has 126 valence electrons. The highest BCUT2D eigenvalue weighted by molar-refractivity contribution is 5.95. The van der Waals surface area contributed by atoms with Crippen LogP contribution in [0.5, 0.6) is 0 Å². The SMILES string of the molecule is Cc1ccccc1C(=O)NCCC(=O)NC[C@@H](C)c1ccccc1. The Balaban J connectivity index is 1.70. The number of nitrogens with one attached hydrogen (secondary N) is 2. The van der Waals surface area contributed by atoms with Crippen molar-refractivity contribution >= 4 is 11.8 Å². The van der Waals surface area contributed by atoms with E-state index in [0.717, 1.165) is 5.56 Å². The van der Waals surface area contributed by atoms with Crippen molar-refractivity contribution in [1.82, 2.24) is 10.6 Å². The van der Waals surface area contributed by atoms with Crippen molar-refractivity contribution in [3.63, 3.8) is 0 Å². The van der Waals surface area contributed by atoms with E-state index in [1.165, 1.54) is 5.56 Å². The van der Waals surface area contributed by atoms with Crippen LogP contribution in [0.4, 0.5) is 0 Å². The van der Waals surface area contributed by atoms with Crippen LogP contribution in [0, 0.1) is 6.92 Å². The Kier molecular flexibility index (Phi) is 6.55. The lowest BCUT2D eigenvalue weighted by Gasteiger charge is -2.13. The molecule has 2 N–H and O–H groups in total. The molecule has 0 heterocycles. The Bertz CT molecular complexity index is 683. The van der Waals surface area contributed by atoms with Crippen molar-refractivity contribution in [2.24, 2.45) is 0 Å². The average Bonchev–Trinajstić information content (AvgIpc) is 2.60. The number of rotatable bonds is 7. The molecule has 0 aromatic heterocycles. The van der Waals surface area contributed by atoms with E-state index >= 15 is 0 Å². The minimum Gasteiger partial charge on any atom is -0.355 e. The summed E-state index contributed by atoms with van der Waals surface area (Å²) in [5, 5.41) is 5.71. The predicted octanol–water partition coefficient (Wildman–Crippen LogP) is 3.03. The summed E-state index contributed by atoms with van der Waals surface area (Å²) in [4.78, 5) is 24.0. The van der Waals surface area contributed by atoms with E-state index in [1.807, 2.05) is 43.3 Å². The monoisotopic (exact) mass is 324 g/mol. The van der Waals surface area contributed by atoms with Crippen molar-refractivity contribution in [3.05, 3.63) is 71.3 Å². The van der Waals surface area contributed by atoms with Crippen LogP contribution in [0.2, 0.25) is 0 Å². The molecule has 0 spiro atoms. The molecule has 2 aromatic carbocycles. The molecule has 24 heavy (non-hydrogen) atoms. The second-order valence-corrected chi connectivity index (χ2v) is 5.94. The third-order valence-electron chi connectivity index (χ3n) is 4.00. The minimum absolute atomic E-state index is 0.0529. The molecule has 1 atom stereocenters. The first-order valence-corrected chi connectivity index (χ1v) is 8.23. The Morgan fingerprint density at radius 3 is 2.33 bits per heavy atom. The third kappa shape index (κ3) is 5.23. The Labute approximate surface area is 143 Å². The molecular weight excluding hydrogens is 300 g/mol. The highest BCUT2D eigenvalue weighted by atomic mass is 16.2. The summed E-state index contributed by atoms with van der Waals surface area (Å²) in [6.45, 7) is 4.90. The maximum absolute atomic E-state index is 12.1. The van der Waals surface area contributed by atoms with Gasteiger partial charge in [-0.3, -0.25) is 9.59 Å². The van der Waals surface area contributed by atoms with Crippen LogP contribution < -0.4 is 10.6 Å². The van der Waals surface area contributed by atoms with Gasteiger partial charge in [0.25, 0.3) is 5.91 Å². The molecule has 0 aliphatic heterocycles. The Hall–Kier alpha value is -2.62. The molecule has 2 aromatic rings. The van der Waals surface area contributed by atoms with Crippen LogP contribution in [0.25, 0.3) is 0 Å². The summed E-state index contributed by atoms with van der Waals surface area (Å²) in [7, 11) is 0. The molecule has 0 unspecified atom stereocenters. The molecule has 2 rings (SSSR count). The van der Waals surface area contributed by atoms with E-state index < -0.39 is 0 Å². The second kappa shape index (κ2) is 8.87. The molecule has 0 aliphatic carbocycles. The molecule has 0 aliphatic rings. The average molecular weight is 324 g/mol. The smallest absolute Gasteiger partial charge is 0.251 e. The van der Waals surface area contributed by atoms with Crippen molar-refractivity contribution in [2.45, 2.75) is 26.2 Å². The van der Waals surface area contributed by atoms with E-state index in [-0.39, 0.29) is 24.2 Å². The predicted molar refractivity (Wildman–Crippen MR) is 96.0 cm³/mol. The van der Waals surface area contributed by atoms with Gasteiger partial charge in [-0.05, 0) is 30.0 Å². The van der Waals surface area contributed by atoms with Crippen molar-refractivity contribution in [2.75, 3.05) is 13.1 Å². The maximum atomic E-state index is 12.1. The van der Waals surface area contributed by atoms with Crippen molar-refractivity contribution < 1.29 is 9.59 Å². The molecular formula is C20H24N2O2. The normalized spacial score (nSPS) is 11.6. The first kappa shape index (κ1) is 17.7. The molecule has 0 bridgehead atoms. The van der Waals surface area contributed by atoms with E-state index in [0.29, 0.717) is 18.7 Å². The van der Waals surface area contributed by atoms with E-state index in [9.17, 15) is 9.59 Å². The molecule has 4 heteroatoms. The molecule has 0 fully saturated rings. The Morgan fingerprint density at radius 2 is 1.62 bits per heavy atom. The Morgan fingerprint density at radius 1 is 0.958 bits per heavy atom. The van der Waals surface area contributed by atoms with Gasteiger partial charge in [-0.15, -0.1) is 0 Å². The number of benzene rings is 2. The van der Waals surface area contributed by atoms with E-state index in [2.05, 4.69) is 29.7 Å². The van der Waals surface area contributed by atoms with Gasteiger partial charge in [0.15, 0.2) is 0 Å². The number of carbonyl (C=O) groups excluding carboxylic acids is 2. The topological polar surface area (TPSA) is 58.2 Å². The van der Waals surface area contributed by atoms with Crippen LogP contribution in [0.3, 0.4) is 0 Å². The van der Waals surface area contributed by atoms with Crippen molar-refractivity contribution in [1.29, 1.82) is 0 Å². The summed E-state index contributed by atoms with van der Waals surface area (Å²) >= 11 is 0. The van der Waals surface area contributed by atoms with Gasteiger partial charge in [0.2, 0.25) is 5.91 Å². The van der Waals surface area contributed by atoms with E-state index in [4.69, 9.17) is 0 Å². The van der Waals surface area contributed by atoms with Gasteiger partial charge in [-0.1, -0.05) is 55.5 Å². The van der Waals surface area contributed by atoms with Crippen LogP contribution in [-0.2, 0) is 4.79 Å². The van der Waals surface area contributed by atoms with E-state index in [1.54, 1.807) is 6.07 Å². The van der Waals surface area contributed by atoms with Gasteiger partial charge in [-0.25, -0.2) is 0 Å². The zero-order chi connectivity index (χ0) is 17.4. The number of amides is 2. The van der Waals surface area contributed by atoms with Gasteiger partial charge in [0.05, 0.1) is 0 Å².